The lowest BCUT2D eigenvalue weighted by molar-refractivity contribution is -0.137. The summed E-state index contributed by atoms with van der Waals surface area (Å²) in [5, 5.41) is 2.14. The number of nitrogens with zero attached hydrogens (tertiary/aromatic N) is 2. The van der Waals surface area contributed by atoms with Crippen LogP contribution in [0.25, 0.3) is 0 Å². The number of rotatable bonds is 8. The van der Waals surface area contributed by atoms with Crippen molar-refractivity contribution < 1.29 is 22.3 Å². The van der Waals surface area contributed by atoms with Gasteiger partial charge in [-0.05, 0) is 42.0 Å². The zero-order valence-corrected chi connectivity index (χ0v) is 15.5. The number of aryl methyl sites for hydroxylation is 1. The first-order chi connectivity index (χ1) is 12.3. The Morgan fingerprint density at radius 3 is 2.54 bits per heavy atom. The van der Waals surface area contributed by atoms with Crippen LogP contribution in [0.15, 0.2) is 30.5 Å². The topological polar surface area (TPSA) is 64.1 Å². The highest BCUT2D eigenvalue weighted by Gasteiger charge is 2.34. The van der Waals surface area contributed by atoms with Crippen molar-refractivity contribution in [1.82, 2.24) is 9.97 Å². The number of hydrogen-bond acceptors (Lipinski definition) is 5. The summed E-state index contributed by atoms with van der Waals surface area (Å²) in [5.41, 5.74) is 0.581. The first-order valence-electron chi connectivity index (χ1n) is 7.83. The number of benzene rings is 1. The summed E-state index contributed by atoms with van der Waals surface area (Å²) in [7, 11) is -1.60. The molecule has 1 atom stereocenters. The minimum absolute atomic E-state index is 0.0236. The second-order valence-electron chi connectivity index (χ2n) is 5.30. The number of halogens is 4. The van der Waals surface area contributed by atoms with Gasteiger partial charge in [-0.3, -0.25) is 0 Å². The Bertz CT molecular complexity index is 757. The van der Waals surface area contributed by atoms with Gasteiger partial charge in [-0.1, -0.05) is 23.7 Å². The van der Waals surface area contributed by atoms with Gasteiger partial charge >= 0.3 is 14.2 Å². The Labute approximate surface area is 154 Å². The lowest BCUT2D eigenvalue weighted by atomic mass is 10.1. The van der Waals surface area contributed by atoms with E-state index in [0.717, 1.165) is 18.4 Å². The van der Waals surface area contributed by atoms with Crippen molar-refractivity contribution in [2.45, 2.75) is 25.9 Å². The lowest BCUT2D eigenvalue weighted by Gasteiger charge is -2.10. The summed E-state index contributed by atoms with van der Waals surface area (Å²) in [4.78, 5) is 7.26. The smallest absolute Gasteiger partial charge is 0.324 e. The molecule has 0 aliphatic carbocycles. The average molecular weight is 407 g/mol. The van der Waals surface area contributed by atoms with Gasteiger partial charge in [-0.15, -0.1) is 4.52 Å². The third kappa shape index (κ3) is 6.20. The predicted octanol–water partition coefficient (Wildman–Crippen LogP) is 5.60. The standard InChI is InChI=1S/C16H17ClF3N3O2P/c1-2-25-26(24)9-3-4-11-5-7-12(8-6-11)22-15-21-10-13(14(17)23-15)16(18,19)20/h5-8,10H,2-4,9H2,1H3,(H,21,22,23)/q+1. The third-order valence-corrected chi connectivity index (χ3v) is 4.85. The fourth-order valence-corrected chi connectivity index (χ4v) is 3.19. The molecule has 140 valence electrons. The van der Waals surface area contributed by atoms with Crippen LogP contribution in [0.4, 0.5) is 24.8 Å². The summed E-state index contributed by atoms with van der Waals surface area (Å²) in [6, 6.07) is 7.24. The maximum absolute atomic E-state index is 12.6. The molecule has 5 nitrogen and oxygen atoms in total. The molecular formula is C16H17ClF3N3O2P+. The van der Waals surface area contributed by atoms with Crippen LogP contribution in [0.1, 0.15) is 24.5 Å². The van der Waals surface area contributed by atoms with E-state index in [4.69, 9.17) is 16.1 Å². The normalized spacial score (nSPS) is 12.1. The zero-order valence-electron chi connectivity index (χ0n) is 13.9. The molecule has 0 aliphatic heterocycles. The second-order valence-corrected chi connectivity index (χ2v) is 7.02. The van der Waals surface area contributed by atoms with Crippen molar-refractivity contribution in [3.63, 3.8) is 0 Å². The molecule has 0 radical (unpaired) electrons. The highest BCUT2D eigenvalue weighted by Crippen LogP contribution is 2.33. The van der Waals surface area contributed by atoms with Gasteiger partial charge in [0, 0.05) is 11.9 Å². The van der Waals surface area contributed by atoms with E-state index in [1.54, 1.807) is 19.1 Å². The van der Waals surface area contributed by atoms with E-state index in [2.05, 4.69) is 15.3 Å². The van der Waals surface area contributed by atoms with Crippen molar-refractivity contribution in [2.24, 2.45) is 0 Å². The Kier molecular flexibility index (Phi) is 7.32. The Morgan fingerprint density at radius 1 is 1.27 bits per heavy atom. The van der Waals surface area contributed by atoms with Crippen molar-refractivity contribution in [1.29, 1.82) is 0 Å². The molecule has 1 heterocycles. The van der Waals surface area contributed by atoms with E-state index in [9.17, 15) is 17.7 Å². The number of nitrogens with one attached hydrogen (secondary N) is 1. The van der Waals surface area contributed by atoms with Gasteiger partial charge in [0.25, 0.3) is 0 Å². The summed E-state index contributed by atoms with van der Waals surface area (Å²) in [6.45, 7) is 2.23. The number of anilines is 2. The van der Waals surface area contributed by atoms with Crippen LogP contribution in [0.2, 0.25) is 5.15 Å². The van der Waals surface area contributed by atoms with Gasteiger partial charge in [0.15, 0.2) is 6.16 Å². The van der Waals surface area contributed by atoms with E-state index in [1.807, 2.05) is 12.1 Å². The fourth-order valence-electron chi connectivity index (χ4n) is 2.12. The number of hydrogen-bond donors (Lipinski definition) is 1. The summed E-state index contributed by atoms with van der Waals surface area (Å²) in [6.07, 6.45) is -1.97. The predicted molar refractivity (Wildman–Crippen MR) is 94.2 cm³/mol. The summed E-state index contributed by atoms with van der Waals surface area (Å²) in [5.74, 6) is -0.0236. The fraction of sp³-hybridized carbons (Fsp3) is 0.375. The van der Waals surface area contributed by atoms with Crippen LogP contribution in [-0.2, 0) is 21.7 Å². The minimum atomic E-state index is -4.59. The molecule has 0 saturated heterocycles. The molecule has 1 aromatic heterocycles. The SMILES string of the molecule is CCO[P+](=O)CCCc1ccc(Nc2ncc(C(F)(F)F)c(Cl)n2)cc1. The molecule has 0 aliphatic rings. The maximum atomic E-state index is 12.6. The highest BCUT2D eigenvalue weighted by atomic mass is 35.5. The molecule has 0 bridgehead atoms. The Hall–Kier alpha value is -1.76. The van der Waals surface area contributed by atoms with Crippen LogP contribution in [0.5, 0.6) is 0 Å². The van der Waals surface area contributed by atoms with Gasteiger partial charge in [-0.25, -0.2) is 9.97 Å². The van der Waals surface area contributed by atoms with E-state index in [1.165, 1.54) is 0 Å². The molecule has 0 spiro atoms. The maximum Gasteiger partial charge on any atom is 0.508 e. The van der Waals surface area contributed by atoms with E-state index >= 15 is 0 Å². The van der Waals surface area contributed by atoms with Crippen molar-refractivity contribution in [3.05, 3.63) is 46.7 Å². The quantitative estimate of drug-likeness (QED) is 0.456. The summed E-state index contributed by atoms with van der Waals surface area (Å²) < 4.78 is 54.3. The monoisotopic (exact) mass is 406 g/mol. The molecular weight excluding hydrogens is 390 g/mol. The van der Waals surface area contributed by atoms with Gasteiger partial charge < -0.3 is 5.32 Å². The zero-order chi connectivity index (χ0) is 19.2. The van der Waals surface area contributed by atoms with Crippen LogP contribution in [0.3, 0.4) is 0 Å². The van der Waals surface area contributed by atoms with Crippen molar-refractivity contribution in [2.75, 3.05) is 18.1 Å². The van der Waals surface area contributed by atoms with Gasteiger partial charge in [-0.2, -0.15) is 13.2 Å². The Morgan fingerprint density at radius 2 is 1.96 bits per heavy atom. The number of aromatic nitrogens is 2. The Balaban J connectivity index is 1.93. The first kappa shape index (κ1) is 20.6. The molecule has 1 aromatic carbocycles. The molecule has 10 heteroatoms. The molecule has 2 rings (SSSR count). The first-order valence-corrected chi connectivity index (χ1v) is 9.57. The van der Waals surface area contributed by atoms with Gasteiger partial charge in [0.2, 0.25) is 5.95 Å². The highest BCUT2D eigenvalue weighted by molar-refractivity contribution is 7.39. The third-order valence-electron chi connectivity index (χ3n) is 3.34. The largest absolute Gasteiger partial charge is 0.508 e. The van der Waals surface area contributed by atoms with E-state index in [0.29, 0.717) is 24.7 Å². The molecule has 2 aromatic rings. The van der Waals surface area contributed by atoms with Gasteiger partial charge in [0.05, 0.1) is 6.61 Å². The minimum Gasteiger partial charge on any atom is -0.324 e. The van der Waals surface area contributed by atoms with Crippen molar-refractivity contribution in [3.8, 4) is 0 Å². The van der Waals surface area contributed by atoms with Crippen LogP contribution in [-0.4, -0.2) is 22.7 Å². The van der Waals surface area contributed by atoms with Crippen molar-refractivity contribution >= 4 is 31.3 Å². The van der Waals surface area contributed by atoms with Crippen LogP contribution < -0.4 is 5.32 Å². The molecule has 0 saturated carbocycles. The molecule has 1 unspecified atom stereocenters. The van der Waals surface area contributed by atoms with Gasteiger partial charge in [0.1, 0.15) is 10.7 Å². The second kappa shape index (κ2) is 9.26. The lowest BCUT2D eigenvalue weighted by Crippen LogP contribution is -2.09. The molecule has 0 amide bonds. The molecule has 26 heavy (non-hydrogen) atoms. The van der Waals surface area contributed by atoms with Crippen LogP contribution >= 0.6 is 19.6 Å². The van der Waals surface area contributed by atoms with Crippen LogP contribution in [0, 0.1) is 0 Å². The van der Waals surface area contributed by atoms with E-state index in [-0.39, 0.29) is 5.95 Å². The van der Waals surface area contributed by atoms with E-state index < -0.39 is 24.9 Å². The molecule has 1 N–H and O–H groups in total. The number of alkyl halides is 3. The molecule has 0 fully saturated rings. The average Bonchev–Trinajstić information content (AvgIpc) is 2.55. The summed E-state index contributed by atoms with van der Waals surface area (Å²) >= 11 is 5.57.